The minimum absolute atomic E-state index is 0.0949. The van der Waals surface area contributed by atoms with Gasteiger partial charge in [0.1, 0.15) is 11.6 Å². The zero-order valence-electron chi connectivity index (χ0n) is 11.8. The van der Waals surface area contributed by atoms with E-state index in [0.717, 1.165) is 0 Å². The Hall–Kier alpha value is -2.83. The van der Waals surface area contributed by atoms with Crippen molar-refractivity contribution >= 4 is 23.0 Å². The summed E-state index contributed by atoms with van der Waals surface area (Å²) in [6.07, 6.45) is 0. The molecule has 0 radical (unpaired) electrons. The first kappa shape index (κ1) is 14.6. The summed E-state index contributed by atoms with van der Waals surface area (Å²) >= 11 is 0. The normalized spacial score (nSPS) is 10.0. The molecular formula is C14H16N4O3. The van der Waals surface area contributed by atoms with Crippen molar-refractivity contribution in [2.24, 2.45) is 0 Å². The van der Waals surface area contributed by atoms with Crippen LogP contribution < -0.4 is 15.4 Å². The van der Waals surface area contributed by atoms with E-state index < -0.39 is 4.92 Å². The molecule has 0 unspecified atom stereocenters. The number of nitrogens with one attached hydrogen (secondary N) is 2. The van der Waals surface area contributed by atoms with Gasteiger partial charge < -0.3 is 15.4 Å². The van der Waals surface area contributed by atoms with E-state index in [1.807, 2.05) is 19.1 Å². The Kier molecular flexibility index (Phi) is 4.55. The number of hydrogen-bond donors (Lipinski definition) is 2. The molecule has 2 rings (SSSR count). The van der Waals surface area contributed by atoms with Gasteiger partial charge in [-0.2, -0.15) is 0 Å². The van der Waals surface area contributed by atoms with E-state index in [1.54, 1.807) is 18.2 Å². The minimum atomic E-state index is -0.472. The van der Waals surface area contributed by atoms with Gasteiger partial charge in [0.2, 0.25) is 5.82 Å². The summed E-state index contributed by atoms with van der Waals surface area (Å²) in [5.74, 6) is 1.32. The molecule has 2 N–H and O–H groups in total. The van der Waals surface area contributed by atoms with Crippen LogP contribution in [0.3, 0.4) is 0 Å². The van der Waals surface area contributed by atoms with E-state index in [9.17, 15) is 10.1 Å². The van der Waals surface area contributed by atoms with Crippen LogP contribution in [0, 0.1) is 10.1 Å². The summed E-state index contributed by atoms with van der Waals surface area (Å²) in [5.41, 5.74) is 0.520. The summed E-state index contributed by atoms with van der Waals surface area (Å²) in [7, 11) is 1.54. The van der Waals surface area contributed by atoms with Crippen LogP contribution in [0.1, 0.15) is 6.92 Å². The lowest BCUT2D eigenvalue weighted by molar-refractivity contribution is -0.384. The molecule has 7 nitrogen and oxygen atoms in total. The van der Waals surface area contributed by atoms with Gasteiger partial charge in [0.25, 0.3) is 0 Å². The molecule has 1 heterocycles. The molecule has 0 atom stereocenters. The number of methoxy groups -OCH3 is 1. The third kappa shape index (κ3) is 3.38. The third-order valence-corrected chi connectivity index (χ3v) is 2.79. The van der Waals surface area contributed by atoms with E-state index >= 15 is 0 Å². The second-order valence-corrected chi connectivity index (χ2v) is 4.18. The Morgan fingerprint density at radius 1 is 1.29 bits per heavy atom. The van der Waals surface area contributed by atoms with Gasteiger partial charge in [0.05, 0.1) is 17.7 Å². The fourth-order valence-corrected chi connectivity index (χ4v) is 1.85. The molecule has 0 spiro atoms. The molecule has 0 amide bonds. The van der Waals surface area contributed by atoms with Crippen molar-refractivity contribution in [1.29, 1.82) is 0 Å². The molecule has 0 saturated heterocycles. The highest BCUT2D eigenvalue weighted by Crippen LogP contribution is 2.31. The summed E-state index contributed by atoms with van der Waals surface area (Å²) in [5, 5.41) is 17.1. The average molecular weight is 288 g/mol. The number of benzene rings is 1. The van der Waals surface area contributed by atoms with E-state index in [1.165, 1.54) is 13.2 Å². The molecule has 0 fully saturated rings. The molecule has 21 heavy (non-hydrogen) atoms. The standard InChI is InChI=1S/C14H16N4O3/c1-3-15-13-9-8-11(18(19)20)14(17-13)16-10-6-4-5-7-12(10)21-2/h4-9H,3H2,1-2H3,(H2,15,16,17). The minimum Gasteiger partial charge on any atom is -0.495 e. The Morgan fingerprint density at radius 2 is 2.05 bits per heavy atom. The maximum atomic E-state index is 11.1. The highest BCUT2D eigenvalue weighted by Gasteiger charge is 2.17. The van der Waals surface area contributed by atoms with Gasteiger partial charge in [-0.25, -0.2) is 4.98 Å². The smallest absolute Gasteiger partial charge is 0.311 e. The Balaban J connectivity index is 2.40. The lowest BCUT2D eigenvalue weighted by Crippen LogP contribution is -2.05. The molecular weight excluding hydrogens is 272 g/mol. The lowest BCUT2D eigenvalue weighted by Gasteiger charge is -2.11. The highest BCUT2D eigenvalue weighted by molar-refractivity contribution is 5.71. The Bertz CT molecular complexity index is 646. The van der Waals surface area contributed by atoms with Crippen LogP contribution in [0.2, 0.25) is 0 Å². The van der Waals surface area contributed by atoms with Gasteiger partial charge in [-0.1, -0.05) is 12.1 Å². The second-order valence-electron chi connectivity index (χ2n) is 4.18. The maximum Gasteiger partial charge on any atom is 0.311 e. The molecule has 0 aliphatic carbocycles. The van der Waals surface area contributed by atoms with Gasteiger partial charge in [0.15, 0.2) is 0 Å². The summed E-state index contributed by atoms with van der Waals surface area (Å²) in [4.78, 5) is 14.9. The van der Waals surface area contributed by atoms with Crippen LogP contribution >= 0.6 is 0 Å². The first-order chi connectivity index (χ1) is 10.2. The molecule has 0 aliphatic rings. The summed E-state index contributed by atoms with van der Waals surface area (Å²) in [6, 6.07) is 10.2. The number of para-hydroxylation sites is 2. The quantitative estimate of drug-likeness (QED) is 0.627. The number of anilines is 3. The number of aromatic nitrogens is 1. The van der Waals surface area contributed by atoms with Crippen LogP contribution in [-0.2, 0) is 0 Å². The number of nitrogens with zero attached hydrogens (tertiary/aromatic N) is 2. The van der Waals surface area contributed by atoms with Crippen molar-refractivity contribution in [2.45, 2.75) is 6.92 Å². The van der Waals surface area contributed by atoms with Crippen LogP contribution in [0.15, 0.2) is 36.4 Å². The number of pyridine rings is 1. The van der Waals surface area contributed by atoms with Crippen molar-refractivity contribution in [3.8, 4) is 5.75 Å². The van der Waals surface area contributed by atoms with Crippen molar-refractivity contribution in [1.82, 2.24) is 4.98 Å². The largest absolute Gasteiger partial charge is 0.495 e. The summed E-state index contributed by atoms with van der Waals surface area (Å²) < 4.78 is 5.22. The van der Waals surface area contributed by atoms with Gasteiger partial charge in [0, 0.05) is 12.6 Å². The number of hydrogen-bond acceptors (Lipinski definition) is 6. The molecule has 0 aliphatic heterocycles. The average Bonchev–Trinajstić information content (AvgIpc) is 2.48. The van der Waals surface area contributed by atoms with Gasteiger partial charge in [-0.3, -0.25) is 10.1 Å². The topological polar surface area (TPSA) is 89.3 Å². The monoisotopic (exact) mass is 288 g/mol. The van der Waals surface area contributed by atoms with Crippen molar-refractivity contribution < 1.29 is 9.66 Å². The molecule has 7 heteroatoms. The molecule has 1 aromatic carbocycles. The fourth-order valence-electron chi connectivity index (χ4n) is 1.85. The first-order valence-corrected chi connectivity index (χ1v) is 6.45. The van der Waals surface area contributed by atoms with E-state index in [4.69, 9.17) is 4.74 Å². The van der Waals surface area contributed by atoms with Crippen LogP contribution in [0.5, 0.6) is 5.75 Å². The Morgan fingerprint density at radius 3 is 2.71 bits per heavy atom. The molecule has 0 bridgehead atoms. The predicted octanol–water partition coefficient (Wildman–Crippen LogP) is 3.17. The maximum absolute atomic E-state index is 11.1. The predicted molar refractivity (Wildman–Crippen MR) is 81.3 cm³/mol. The van der Waals surface area contributed by atoms with Gasteiger partial charge >= 0.3 is 5.69 Å². The number of ether oxygens (including phenoxy) is 1. The fraction of sp³-hybridized carbons (Fsp3) is 0.214. The van der Waals surface area contributed by atoms with Crippen molar-refractivity contribution in [3.63, 3.8) is 0 Å². The van der Waals surface area contributed by atoms with Crippen LogP contribution in [0.4, 0.5) is 23.0 Å². The van der Waals surface area contributed by atoms with Crippen LogP contribution in [0.25, 0.3) is 0 Å². The number of nitro groups is 1. The second kappa shape index (κ2) is 6.56. The van der Waals surface area contributed by atoms with E-state index in [0.29, 0.717) is 23.8 Å². The molecule has 2 aromatic rings. The van der Waals surface area contributed by atoms with E-state index in [2.05, 4.69) is 15.6 Å². The molecule has 0 saturated carbocycles. The molecule has 1 aromatic heterocycles. The first-order valence-electron chi connectivity index (χ1n) is 6.45. The van der Waals surface area contributed by atoms with Crippen molar-refractivity contribution in [2.75, 3.05) is 24.3 Å². The van der Waals surface area contributed by atoms with Gasteiger partial charge in [-0.15, -0.1) is 0 Å². The Labute approximate surface area is 122 Å². The third-order valence-electron chi connectivity index (χ3n) is 2.79. The SMILES string of the molecule is CCNc1ccc([N+](=O)[O-])c(Nc2ccccc2OC)n1. The summed E-state index contributed by atoms with van der Waals surface area (Å²) in [6.45, 7) is 2.61. The lowest BCUT2D eigenvalue weighted by atomic mass is 10.3. The highest BCUT2D eigenvalue weighted by atomic mass is 16.6. The molecule has 110 valence electrons. The number of rotatable bonds is 6. The van der Waals surface area contributed by atoms with Crippen molar-refractivity contribution in [3.05, 3.63) is 46.5 Å². The van der Waals surface area contributed by atoms with E-state index in [-0.39, 0.29) is 11.5 Å². The zero-order valence-corrected chi connectivity index (χ0v) is 11.8. The van der Waals surface area contributed by atoms with Gasteiger partial charge in [-0.05, 0) is 25.1 Å². The van der Waals surface area contributed by atoms with Crippen LogP contribution in [-0.4, -0.2) is 23.6 Å². The zero-order chi connectivity index (χ0) is 15.2.